The fourth-order valence-corrected chi connectivity index (χ4v) is 6.74. The molecule has 5 heterocycles. The molecule has 0 N–H and O–H groups in total. The van der Waals surface area contributed by atoms with Crippen LogP contribution in [0.3, 0.4) is 0 Å². The molecular formula is C30H35ClN6O3. The molecule has 0 radical (unpaired) electrons. The zero-order chi connectivity index (χ0) is 28.1. The van der Waals surface area contributed by atoms with E-state index in [1.54, 1.807) is 9.47 Å². The molecule has 10 heteroatoms. The first-order chi connectivity index (χ1) is 19.3. The number of rotatable bonds is 6. The Morgan fingerprint density at radius 3 is 2.48 bits per heavy atom. The second-order valence-corrected chi connectivity index (χ2v) is 11.3. The van der Waals surface area contributed by atoms with E-state index in [1.807, 2.05) is 19.1 Å². The van der Waals surface area contributed by atoms with Crippen LogP contribution in [0, 0.1) is 0 Å². The SMILES string of the molecule is C=CC(=O)N1CCN(c2nc(=O)n(-c3c(CC)cccc3CC)c3nc(N4C[C@@H]5C[C@H]4CO5)c(Cl)cc23)[C@@H](C)C1. The highest BCUT2D eigenvalue weighted by atomic mass is 35.5. The lowest BCUT2D eigenvalue weighted by Crippen LogP contribution is -2.54. The van der Waals surface area contributed by atoms with Crippen molar-refractivity contribution in [1.82, 2.24) is 19.4 Å². The number of anilines is 2. The van der Waals surface area contributed by atoms with E-state index in [9.17, 15) is 9.59 Å². The second-order valence-electron chi connectivity index (χ2n) is 10.9. The number of pyridine rings is 1. The summed E-state index contributed by atoms with van der Waals surface area (Å²) in [6.07, 6.45) is 4.01. The monoisotopic (exact) mass is 562 g/mol. The topological polar surface area (TPSA) is 83.8 Å². The number of hydrogen-bond donors (Lipinski definition) is 0. The summed E-state index contributed by atoms with van der Waals surface area (Å²) >= 11 is 6.96. The molecular weight excluding hydrogens is 528 g/mol. The van der Waals surface area contributed by atoms with E-state index in [4.69, 9.17) is 21.3 Å². The van der Waals surface area contributed by atoms with Crippen molar-refractivity contribution in [2.75, 3.05) is 42.6 Å². The molecule has 40 heavy (non-hydrogen) atoms. The highest BCUT2D eigenvalue weighted by molar-refractivity contribution is 6.33. The largest absolute Gasteiger partial charge is 0.374 e. The summed E-state index contributed by atoms with van der Waals surface area (Å²) in [5, 5.41) is 1.25. The number of benzene rings is 1. The van der Waals surface area contributed by atoms with Crippen molar-refractivity contribution in [3.8, 4) is 5.69 Å². The van der Waals surface area contributed by atoms with Gasteiger partial charge in [0.05, 0.1) is 34.8 Å². The van der Waals surface area contributed by atoms with Crippen LogP contribution in [0.4, 0.5) is 11.6 Å². The van der Waals surface area contributed by atoms with Gasteiger partial charge >= 0.3 is 5.69 Å². The zero-order valence-electron chi connectivity index (χ0n) is 23.3. The number of amides is 1. The minimum atomic E-state index is -0.373. The second kappa shape index (κ2) is 10.5. The molecule has 3 aliphatic rings. The average Bonchev–Trinajstić information content (AvgIpc) is 3.60. The van der Waals surface area contributed by atoms with Gasteiger partial charge in [-0.2, -0.15) is 4.98 Å². The Bertz CT molecular complexity index is 1530. The summed E-state index contributed by atoms with van der Waals surface area (Å²) in [7, 11) is 0. The van der Waals surface area contributed by atoms with E-state index in [2.05, 4.69) is 47.3 Å². The maximum atomic E-state index is 14.0. The number of ether oxygens (including phenoxy) is 1. The number of hydrogen-bond acceptors (Lipinski definition) is 7. The molecule has 3 fully saturated rings. The number of piperazine rings is 1. The summed E-state index contributed by atoms with van der Waals surface area (Å²) < 4.78 is 7.51. The molecule has 0 aliphatic carbocycles. The van der Waals surface area contributed by atoms with Gasteiger partial charge in [-0.25, -0.2) is 14.3 Å². The maximum absolute atomic E-state index is 14.0. The number of aromatic nitrogens is 3. The van der Waals surface area contributed by atoms with Crippen LogP contribution in [0.25, 0.3) is 16.7 Å². The molecule has 6 rings (SSSR count). The van der Waals surface area contributed by atoms with Crippen LogP contribution in [0.15, 0.2) is 41.7 Å². The molecule has 210 valence electrons. The third-order valence-corrected chi connectivity index (χ3v) is 8.81. The first-order valence-corrected chi connectivity index (χ1v) is 14.5. The smallest absolute Gasteiger partial charge is 0.355 e. The van der Waals surface area contributed by atoms with E-state index >= 15 is 0 Å². The number of halogens is 1. The predicted octanol–water partition coefficient (Wildman–Crippen LogP) is 3.76. The third kappa shape index (κ3) is 4.36. The molecule has 1 amide bonds. The zero-order valence-corrected chi connectivity index (χ0v) is 24.0. The van der Waals surface area contributed by atoms with E-state index in [0.29, 0.717) is 48.5 Å². The van der Waals surface area contributed by atoms with Crippen LogP contribution < -0.4 is 15.5 Å². The van der Waals surface area contributed by atoms with Gasteiger partial charge in [0.1, 0.15) is 11.6 Å². The number of morpholine rings is 1. The summed E-state index contributed by atoms with van der Waals surface area (Å²) in [5.41, 5.74) is 3.15. The minimum Gasteiger partial charge on any atom is -0.374 e. The lowest BCUT2D eigenvalue weighted by molar-refractivity contribution is -0.126. The number of carbonyl (C=O) groups excluding carboxylic acids is 1. The van der Waals surface area contributed by atoms with E-state index in [-0.39, 0.29) is 29.8 Å². The van der Waals surface area contributed by atoms with Crippen molar-refractivity contribution >= 4 is 40.2 Å². The molecule has 1 aromatic carbocycles. The quantitative estimate of drug-likeness (QED) is 0.423. The van der Waals surface area contributed by atoms with Gasteiger partial charge in [0.25, 0.3) is 0 Å². The molecule has 0 saturated carbocycles. The van der Waals surface area contributed by atoms with Crippen LogP contribution in [0.1, 0.15) is 38.3 Å². The van der Waals surface area contributed by atoms with E-state index in [0.717, 1.165) is 48.0 Å². The first kappa shape index (κ1) is 26.8. The van der Waals surface area contributed by atoms with Crippen molar-refractivity contribution in [3.05, 3.63) is 63.6 Å². The number of para-hydroxylation sites is 1. The number of fused-ring (bicyclic) bond motifs is 3. The summed E-state index contributed by atoms with van der Waals surface area (Å²) in [6, 6.07) is 8.23. The Labute approximate surface area is 239 Å². The van der Waals surface area contributed by atoms with Crippen LogP contribution in [-0.4, -0.2) is 76.3 Å². The van der Waals surface area contributed by atoms with Gasteiger partial charge < -0.3 is 19.4 Å². The summed E-state index contributed by atoms with van der Waals surface area (Å²) in [6.45, 7) is 12.8. The standard InChI is InChI=1S/C30H35ClN6O3/c1-5-19-9-8-10-20(6-2)26(19)37-28-23(14-24(31)29(32-28)36-16-22-13-21(36)17-40-22)27(33-30(37)39)35-12-11-34(15-18(35)4)25(38)7-3/h7-10,14,18,21-22H,3,5-6,11-13,15-17H2,1-2,4H3/t18-,21-,22-/m0/s1. The Morgan fingerprint density at radius 2 is 1.88 bits per heavy atom. The number of carbonyl (C=O) groups is 1. The summed E-state index contributed by atoms with van der Waals surface area (Å²) in [5.74, 6) is 1.13. The van der Waals surface area contributed by atoms with Crippen LogP contribution in [-0.2, 0) is 22.4 Å². The molecule has 2 bridgehead atoms. The molecule has 0 unspecified atom stereocenters. The van der Waals surface area contributed by atoms with Crippen molar-refractivity contribution in [2.24, 2.45) is 0 Å². The Morgan fingerprint density at radius 1 is 1.12 bits per heavy atom. The number of aryl methyl sites for hydroxylation is 2. The lowest BCUT2D eigenvalue weighted by atomic mass is 10.0. The van der Waals surface area contributed by atoms with Gasteiger partial charge in [0.15, 0.2) is 5.65 Å². The van der Waals surface area contributed by atoms with E-state index in [1.165, 1.54) is 6.08 Å². The number of nitrogens with zero attached hydrogens (tertiary/aromatic N) is 6. The van der Waals surface area contributed by atoms with Crippen LogP contribution >= 0.6 is 11.6 Å². The summed E-state index contributed by atoms with van der Waals surface area (Å²) in [4.78, 5) is 42.3. The Balaban J connectivity index is 1.57. The average molecular weight is 563 g/mol. The van der Waals surface area contributed by atoms with Gasteiger partial charge in [0, 0.05) is 32.2 Å². The molecule has 9 nitrogen and oxygen atoms in total. The minimum absolute atomic E-state index is 0.0670. The normalized spacial score (nSPS) is 22.4. The van der Waals surface area contributed by atoms with Gasteiger partial charge in [0.2, 0.25) is 5.91 Å². The highest BCUT2D eigenvalue weighted by Crippen LogP contribution is 2.39. The van der Waals surface area contributed by atoms with Crippen LogP contribution in [0.2, 0.25) is 5.02 Å². The van der Waals surface area contributed by atoms with Crippen molar-refractivity contribution in [3.63, 3.8) is 0 Å². The Kier molecular flexibility index (Phi) is 7.04. The predicted molar refractivity (Wildman–Crippen MR) is 158 cm³/mol. The third-order valence-electron chi connectivity index (χ3n) is 8.53. The first-order valence-electron chi connectivity index (χ1n) is 14.1. The van der Waals surface area contributed by atoms with Gasteiger partial charge in [-0.15, -0.1) is 0 Å². The fourth-order valence-electron chi connectivity index (χ4n) is 6.48. The molecule has 0 spiro atoms. The molecule has 2 aromatic heterocycles. The highest BCUT2D eigenvalue weighted by Gasteiger charge is 2.41. The molecule has 3 saturated heterocycles. The fraction of sp³-hybridized carbons (Fsp3) is 0.467. The van der Waals surface area contributed by atoms with Crippen molar-refractivity contribution in [2.45, 2.75) is 58.2 Å². The van der Waals surface area contributed by atoms with Gasteiger partial charge in [-0.3, -0.25) is 4.79 Å². The van der Waals surface area contributed by atoms with E-state index < -0.39 is 0 Å². The van der Waals surface area contributed by atoms with Gasteiger partial charge in [-0.05, 0) is 49.5 Å². The Hall–Kier alpha value is -3.43. The van der Waals surface area contributed by atoms with Crippen molar-refractivity contribution in [1.29, 1.82) is 0 Å². The molecule has 3 atom stereocenters. The molecule has 3 aliphatic heterocycles. The lowest BCUT2D eigenvalue weighted by Gasteiger charge is -2.40. The van der Waals surface area contributed by atoms with Gasteiger partial charge in [-0.1, -0.05) is 50.2 Å². The molecule has 3 aromatic rings. The van der Waals surface area contributed by atoms with Crippen molar-refractivity contribution < 1.29 is 9.53 Å². The van der Waals surface area contributed by atoms with Crippen LogP contribution in [0.5, 0.6) is 0 Å². The maximum Gasteiger partial charge on any atom is 0.355 e.